The first kappa shape index (κ1) is 21.3. The zero-order valence-electron chi connectivity index (χ0n) is 12.4. The van der Waals surface area contributed by atoms with Gasteiger partial charge in [-0.1, -0.05) is 31.9 Å². The minimum atomic E-state index is -3.75. The zero-order chi connectivity index (χ0) is 15.1. The largest absolute Gasteiger partial charge is 0.472 e. The number of phosphoric ester groups is 1. The maximum Gasteiger partial charge on any atom is 0.472 e. The van der Waals surface area contributed by atoms with Crippen molar-refractivity contribution in [2.75, 3.05) is 26.9 Å². The monoisotopic (exact) mass is 301 g/mol. The molecule has 0 atom stereocenters. The zero-order valence-corrected chi connectivity index (χ0v) is 13.3. The van der Waals surface area contributed by atoms with Gasteiger partial charge in [-0.05, 0) is 19.8 Å². The van der Waals surface area contributed by atoms with Crippen LogP contribution in [0.25, 0.3) is 0 Å². The molecule has 0 aliphatic carbocycles. The predicted octanol–water partition coefficient (Wildman–Crippen LogP) is 2.98. The fourth-order valence-electron chi connectivity index (χ4n) is 0.873. The minimum absolute atomic E-state index is 0.288. The fraction of sp³-hybridized carbons (Fsp3) is 1.00. The number of hydrogen-bond donors (Lipinski definition) is 2. The van der Waals surface area contributed by atoms with Crippen LogP contribution in [0.5, 0.6) is 0 Å². The van der Waals surface area contributed by atoms with Crippen molar-refractivity contribution in [3.05, 3.63) is 0 Å². The topological polar surface area (TPSA) is 88.5 Å². The second-order valence-electron chi connectivity index (χ2n) is 3.72. The maximum atomic E-state index is 11.1. The van der Waals surface area contributed by atoms with Gasteiger partial charge in [-0.15, -0.1) is 0 Å². The van der Waals surface area contributed by atoms with Crippen molar-refractivity contribution in [3.8, 4) is 0 Å². The Bertz CT molecular complexity index is 213. The molecule has 0 saturated carbocycles. The molecule has 0 fully saturated rings. The van der Waals surface area contributed by atoms with E-state index in [1.54, 1.807) is 6.92 Å². The highest BCUT2D eigenvalue weighted by Crippen LogP contribution is 2.43. The molecule has 7 nitrogen and oxygen atoms in total. The van der Waals surface area contributed by atoms with E-state index in [-0.39, 0.29) is 13.2 Å². The SMILES string of the molecule is CCCCOP(=O)(O)OCCCC.CCON(C)O. The highest BCUT2D eigenvalue weighted by molar-refractivity contribution is 7.47. The van der Waals surface area contributed by atoms with Gasteiger partial charge >= 0.3 is 7.82 Å². The van der Waals surface area contributed by atoms with E-state index in [9.17, 15) is 4.57 Å². The number of rotatable bonds is 10. The molecule has 0 heterocycles. The van der Waals surface area contributed by atoms with E-state index in [1.807, 2.05) is 13.8 Å². The summed E-state index contributed by atoms with van der Waals surface area (Å²) in [4.78, 5) is 13.5. The van der Waals surface area contributed by atoms with Crippen LogP contribution in [-0.2, 0) is 18.5 Å². The first-order valence-corrected chi connectivity index (χ1v) is 8.06. The fourth-order valence-corrected chi connectivity index (χ4v) is 1.67. The van der Waals surface area contributed by atoms with Crippen molar-refractivity contribution in [3.63, 3.8) is 0 Å². The van der Waals surface area contributed by atoms with E-state index >= 15 is 0 Å². The molecule has 2 N–H and O–H groups in total. The summed E-state index contributed by atoms with van der Waals surface area (Å²) in [5.41, 5.74) is 0. The first-order valence-electron chi connectivity index (χ1n) is 6.56. The normalized spacial score (nSPS) is 11.3. The van der Waals surface area contributed by atoms with Crippen LogP contribution in [0.2, 0.25) is 0 Å². The smallest absolute Gasteiger partial charge is 0.302 e. The molecule has 0 aromatic carbocycles. The Labute approximate surface area is 116 Å². The lowest BCUT2D eigenvalue weighted by molar-refractivity contribution is -0.321. The summed E-state index contributed by atoms with van der Waals surface area (Å²) in [6, 6.07) is 0. The van der Waals surface area contributed by atoms with E-state index < -0.39 is 7.82 Å². The third-order valence-electron chi connectivity index (χ3n) is 1.82. The third kappa shape index (κ3) is 20.5. The van der Waals surface area contributed by atoms with Crippen LogP contribution in [0.15, 0.2) is 0 Å². The Balaban J connectivity index is 0. The second kappa shape index (κ2) is 14.4. The van der Waals surface area contributed by atoms with Gasteiger partial charge in [0.2, 0.25) is 0 Å². The number of hydroxylamine groups is 2. The van der Waals surface area contributed by atoms with Crippen LogP contribution in [-0.4, -0.2) is 42.2 Å². The molecule has 0 unspecified atom stereocenters. The Morgan fingerprint density at radius 3 is 1.68 bits per heavy atom. The summed E-state index contributed by atoms with van der Waals surface area (Å²) in [6.07, 6.45) is 3.44. The summed E-state index contributed by atoms with van der Waals surface area (Å²) in [6.45, 7) is 6.86. The minimum Gasteiger partial charge on any atom is -0.302 e. The number of unbranched alkanes of at least 4 members (excludes halogenated alkanes) is 2. The van der Waals surface area contributed by atoms with Gasteiger partial charge in [-0.2, -0.15) is 0 Å². The second-order valence-corrected chi connectivity index (χ2v) is 5.18. The van der Waals surface area contributed by atoms with E-state index in [2.05, 4.69) is 4.84 Å². The van der Waals surface area contributed by atoms with Crippen LogP contribution in [0.3, 0.4) is 0 Å². The Hall–Kier alpha value is -0.0100. The summed E-state index contributed by atoms with van der Waals surface area (Å²) in [7, 11) is -2.33. The van der Waals surface area contributed by atoms with E-state index in [1.165, 1.54) is 7.05 Å². The molecular formula is C11H28NO6P. The quantitative estimate of drug-likeness (QED) is 0.364. The Morgan fingerprint density at radius 1 is 1.05 bits per heavy atom. The van der Waals surface area contributed by atoms with Crippen molar-refractivity contribution >= 4 is 7.82 Å². The number of phosphoric acid groups is 1. The van der Waals surface area contributed by atoms with Crippen LogP contribution < -0.4 is 0 Å². The molecule has 118 valence electrons. The van der Waals surface area contributed by atoms with Crippen molar-refractivity contribution in [2.45, 2.75) is 46.5 Å². The molecule has 19 heavy (non-hydrogen) atoms. The highest BCUT2D eigenvalue weighted by atomic mass is 31.2. The van der Waals surface area contributed by atoms with Gasteiger partial charge in [0.15, 0.2) is 0 Å². The maximum absolute atomic E-state index is 11.1. The molecule has 0 rings (SSSR count). The van der Waals surface area contributed by atoms with Gasteiger partial charge in [-0.25, -0.2) is 4.57 Å². The van der Waals surface area contributed by atoms with E-state index in [4.69, 9.17) is 19.1 Å². The molecule has 0 saturated heterocycles. The average molecular weight is 301 g/mol. The molecule has 0 aliphatic rings. The van der Waals surface area contributed by atoms with Crippen molar-refractivity contribution < 1.29 is 28.6 Å². The Kier molecular flexibility index (Phi) is 16.1. The average Bonchev–Trinajstić information content (AvgIpc) is 2.30. The van der Waals surface area contributed by atoms with Crippen LogP contribution in [0.1, 0.15) is 46.5 Å². The van der Waals surface area contributed by atoms with E-state index in [0.29, 0.717) is 11.8 Å². The first-order chi connectivity index (χ1) is 8.89. The molecule has 0 bridgehead atoms. The lowest BCUT2D eigenvalue weighted by Crippen LogP contribution is -2.12. The van der Waals surface area contributed by atoms with Gasteiger partial charge in [0.1, 0.15) is 0 Å². The molecule has 0 spiro atoms. The molecule has 0 amide bonds. The van der Waals surface area contributed by atoms with Crippen LogP contribution >= 0.6 is 7.82 Å². The highest BCUT2D eigenvalue weighted by Gasteiger charge is 2.19. The van der Waals surface area contributed by atoms with Crippen LogP contribution in [0.4, 0.5) is 0 Å². The molecule has 0 radical (unpaired) electrons. The van der Waals surface area contributed by atoms with Crippen molar-refractivity contribution in [1.82, 2.24) is 5.23 Å². The molecule has 0 aliphatic heterocycles. The summed E-state index contributed by atoms with van der Waals surface area (Å²) in [5.74, 6) is 0. The molecule has 0 aromatic heterocycles. The third-order valence-corrected chi connectivity index (χ3v) is 2.84. The van der Waals surface area contributed by atoms with Gasteiger partial charge < -0.3 is 4.89 Å². The molecule has 0 aromatic rings. The van der Waals surface area contributed by atoms with Crippen molar-refractivity contribution in [2.24, 2.45) is 0 Å². The molecular weight excluding hydrogens is 273 g/mol. The predicted molar refractivity (Wildman–Crippen MR) is 72.7 cm³/mol. The lowest BCUT2D eigenvalue weighted by Gasteiger charge is -2.10. The summed E-state index contributed by atoms with van der Waals surface area (Å²) in [5, 5.41) is 8.84. The Morgan fingerprint density at radius 2 is 1.47 bits per heavy atom. The van der Waals surface area contributed by atoms with Gasteiger partial charge in [0.05, 0.1) is 19.8 Å². The number of nitrogens with zero attached hydrogens (tertiary/aromatic N) is 1. The van der Waals surface area contributed by atoms with Crippen LogP contribution in [0, 0.1) is 0 Å². The van der Waals surface area contributed by atoms with Crippen molar-refractivity contribution in [1.29, 1.82) is 0 Å². The summed E-state index contributed by atoms with van der Waals surface area (Å²) < 4.78 is 20.5. The van der Waals surface area contributed by atoms with Gasteiger partial charge in [0.25, 0.3) is 0 Å². The summed E-state index contributed by atoms with van der Waals surface area (Å²) >= 11 is 0. The number of hydrogen-bond acceptors (Lipinski definition) is 6. The standard InChI is InChI=1S/C8H19O4P.C3H9NO2/c1-3-5-7-11-13(9,10)12-8-6-4-2;1-3-6-4(2)5/h3-8H2,1-2H3,(H,9,10);5H,3H2,1-2H3. The molecule has 8 heteroatoms. The lowest BCUT2D eigenvalue weighted by atomic mass is 10.4. The van der Waals surface area contributed by atoms with Gasteiger partial charge in [-0.3, -0.25) is 19.1 Å². The van der Waals surface area contributed by atoms with Gasteiger partial charge in [0, 0.05) is 7.05 Å². The van der Waals surface area contributed by atoms with E-state index in [0.717, 1.165) is 25.7 Å².